The summed E-state index contributed by atoms with van der Waals surface area (Å²) >= 11 is 6.21. The zero-order valence-corrected chi connectivity index (χ0v) is 13.6. The molecule has 1 rings (SSSR count). The van der Waals surface area contributed by atoms with Gasteiger partial charge in [0.05, 0.1) is 0 Å². The molecule has 0 aliphatic carbocycles. The van der Waals surface area contributed by atoms with Crippen molar-refractivity contribution in [3.05, 3.63) is 29.8 Å². The lowest BCUT2D eigenvalue weighted by Crippen LogP contribution is -2.10. The van der Waals surface area contributed by atoms with E-state index in [0.717, 1.165) is 5.75 Å². The molecule has 0 heterocycles. The second-order valence-corrected chi connectivity index (χ2v) is 7.38. The van der Waals surface area contributed by atoms with Crippen molar-refractivity contribution in [1.29, 1.82) is 0 Å². The Morgan fingerprint density at radius 3 is 2.11 bits per heavy atom. The van der Waals surface area contributed by atoms with Crippen LogP contribution in [0.2, 0.25) is 0 Å². The molecule has 0 atom stereocenters. The predicted molar refractivity (Wildman–Crippen MR) is 88.2 cm³/mol. The van der Waals surface area contributed by atoms with Gasteiger partial charge in [-0.1, -0.05) is 45.7 Å². The van der Waals surface area contributed by atoms with Crippen LogP contribution in [0.5, 0.6) is 0 Å². The highest BCUT2D eigenvalue weighted by Crippen LogP contribution is 2.26. The molecule has 0 amide bonds. The Bertz CT molecular complexity index is 322. The minimum Gasteiger partial charge on any atom is -0.179 e. The smallest absolute Gasteiger partial charge is 0.00721 e. The monoisotopic (exact) mass is 282 g/mol. The molecule has 0 aliphatic rings. The van der Waals surface area contributed by atoms with Gasteiger partial charge in [-0.05, 0) is 47.5 Å². The van der Waals surface area contributed by atoms with Crippen LogP contribution < -0.4 is 0 Å². The molecular weight excluding hydrogens is 256 g/mol. The summed E-state index contributed by atoms with van der Waals surface area (Å²) in [5.41, 5.74) is 1.68. The molecule has 1 aromatic carbocycles. The fourth-order valence-corrected chi connectivity index (χ4v) is 2.94. The van der Waals surface area contributed by atoms with Crippen LogP contribution in [-0.2, 0) is 5.41 Å². The van der Waals surface area contributed by atoms with Crippen molar-refractivity contribution in [3.63, 3.8) is 0 Å². The minimum absolute atomic E-state index is 0.260. The highest BCUT2D eigenvalue weighted by atomic mass is 32.2. The van der Waals surface area contributed by atoms with E-state index < -0.39 is 0 Å². The maximum Gasteiger partial charge on any atom is 0.00721 e. The zero-order chi connectivity index (χ0) is 13.4. The molecule has 2 heteroatoms. The average molecular weight is 283 g/mol. The quantitative estimate of drug-likeness (QED) is 0.388. The van der Waals surface area contributed by atoms with E-state index in [4.69, 9.17) is 0 Å². The third-order valence-electron chi connectivity index (χ3n) is 3.04. The van der Waals surface area contributed by atoms with Crippen LogP contribution >= 0.6 is 24.4 Å². The number of hydrogen-bond acceptors (Lipinski definition) is 2. The number of thiol groups is 1. The topological polar surface area (TPSA) is 0 Å². The number of thioether (sulfide) groups is 1. The molecule has 18 heavy (non-hydrogen) atoms. The van der Waals surface area contributed by atoms with Gasteiger partial charge in [0.25, 0.3) is 0 Å². The fourth-order valence-electron chi connectivity index (χ4n) is 1.81. The van der Waals surface area contributed by atoms with Crippen molar-refractivity contribution in [1.82, 2.24) is 0 Å². The molecular formula is C16H26S2. The van der Waals surface area contributed by atoms with E-state index in [-0.39, 0.29) is 5.41 Å². The second-order valence-electron chi connectivity index (χ2n) is 5.76. The van der Waals surface area contributed by atoms with E-state index in [1.54, 1.807) is 0 Å². The molecule has 0 radical (unpaired) electrons. The van der Waals surface area contributed by atoms with Crippen molar-refractivity contribution in [2.24, 2.45) is 0 Å². The van der Waals surface area contributed by atoms with E-state index in [9.17, 15) is 0 Å². The van der Waals surface area contributed by atoms with E-state index in [1.807, 2.05) is 11.8 Å². The number of unbranched alkanes of at least 4 members (excludes halogenated alkanes) is 3. The summed E-state index contributed by atoms with van der Waals surface area (Å²) in [6, 6.07) is 9.06. The van der Waals surface area contributed by atoms with Gasteiger partial charge in [-0.25, -0.2) is 0 Å². The molecule has 1 aromatic rings. The summed E-state index contributed by atoms with van der Waals surface area (Å²) in [6.07, 6.45) is 5.24. The maximum absolute atomic E-state index is 4.23. The van der Waals surface area contributed by atoms with Gasteiger partial charge in [0.15, 0.2) is 0 Å². The minimum atomic E-state index is 0.260. The largest absolute Gasteiger partial charge is 0.179 e. The average Bonchev–Trinajstić information content (AvgIpc) is 2.33. The number of hydrogen-bond donors (Lipinski definition) is 1. The zero-order valence-electron chi connectivity index (χ0n) is 11.9. The molecule has 0 nitrogen and oxygen atoms in total. The van der Waals surface area contributed by atoms with Crippen LogP contribution in [0.1, 0.15) is 52.0 Å². The molecule has 0 N–H and O–H groups in total. The molecule has 102 valence electrons. The summed E-state index contributed by atoms with van der Waals surface area (Å²) in [5.74, 6) is 2.27. The van der Waals surface area contributed by atoms with Crippen LogP contribution in [0.25, 0.3) is 0 Å². The fraction of sp³-hybridized carbons (Fsp3) is 0.625. The lowest BCUT2D eigenvalue weighted by molar-refractivity contribution is 0.590. The first kappa shape index (κ1) is 16.0. The maximum atomic E-state index is 4.23. The first-order chi connectivity index (χ1) is 8.54. The molecule has 0 aliphatic heterocycles. The Morgan fingerprint density at radius 2 is 1.56 bits per heavy atom. The van der Waals surface area contributed by atoms with Gasteiger partial charge in [-0.3, -0.25) is 0 Å². The van der Waals surface area contributed by atoms with Gasteiger partial charge in [0, 0.05) is 4.90 Å². The van der Waals surface area contributed by atoms with Gasteiger partial charge in [0.1, 0.15) is 0 Å². The van der Waals surface area contributed by atoms with Crippen LogP contribution in [0, 0.1) is 0 Å². The standard InChI is InChI=1S/C16H26S2/c1-16(2,3)14-8-10-15(11-9-14)18-13-7-5-4-6-12-17/h8-11,17H,4-7,12-13H2,1-3H3. The normalized spacial score (nSPS) is 11.8. The lowest BCUT2D eigenvalue weighted by atomic mass is 9.87. The van der Waals surface area contributed by atoms with Crippen LogP contribution in [0.4, 0.5) is 0 Å². The molecule has 0 bridgehead atoms. The van der Waals surface area contributed by atoms with Crippen molar-refractivity contribution in [2.75, 3.05) is 11.5 Å². The molecule has 0 aromatic heterocycles. The predicted octanol–water partition coefficient (Wildman–Crippen LogP) is 5.57. The lowest BCUT2D eigenvalue weighted by Gasteiger charge is -2.19. The van der Waals surface area contributed by atoms with Gasteiger partial charge < -0.3 is 0 Å². The molecule has 0 fully saturated rings. The van der Waals surface area contributed by atoms with Gasteiger partial charge >= 0.3 is 0 Å². The highest BCUT2D eigenvalue weighted by molar-refractivity contribution is 7.99. The molecule has 0 saturated carbocycles. The summed E-state index contributed by atoms with van der Waals surface area (Å²) in [4.78, 5) is 1.40. The van der Waals surface area contributed by atoms with Crippen LogP contribution in [-0.4, -0.2) is 11.5 Å². The number of rotatable bonds is 7. The van der Waals surface area contributed by atoms with Gasteiger partial charge in [-0.2, -0.15) is 12.6 Å². The number of benzene rings is 1. The highest BCUT2D eigenvalue weighted by Gasteiger charge is 2.12. The molecule has 0 spiro atoms. The summed E-state index contributed by atoms with van der Waals surface area (Å²) in [7, 11) is 0. The van der Waals surface area contributed by atoms with Crippen molar-refractivity contribution in [2.45, 2.75) is 56.8 Å². The van der Waals surface area contributed by atoms with Gasteiger partial charge in [0.2, 0.25) is 0 Å². The summed E-state index contributed by atoms with van der Waals surface area (Å²) < 4.78 is 0. The molecule has 0 saturated heterocycles. The Hall–Kier alpha value is -0.0800. The first-order valence-electron chi connectivity index (χ1n) is 6.88. The van der Waals surface area contributed by atoms with Crippen LogP contribution in [0.3, 0.4) is 0 Å². The molecule has 0 unspecified atom stereocenters. The Kier molecular flexibility index (Phi) is 7.25. The van der Waals surface area contributed by atoms with E-state index in [1.165, 1.54) is 41.9 Å². The summed E-state index contributed by atoms with van der Waals surface area (Å²) in [6.45, 7) is 6.78. The van der Waals surface area contributed by atoms with Gasteiger partial charge in [-0.15, -0.1) is 11.8 Å². The van der Waals surface area contributed by atoms with Crippen molar-refractivity contribution >= 4 is 24.4 Å². The second kappa shape index (κ2) is 8.16. The first-order valence-corrected chi connectivity index (χ1v) is 8.50. The SMILES string of the molecule is CC(C)(C)c1ccc(SCCCCCCS)cc1. The Balaban J connectivity index is 2.27. The van der Waals surface area contributed by atoms with E-state index in [0.29, 0.717) is 0 Å². The van der Waals surface area contributed by atoms with Crippen LogP contribution in [0.15, 0.2) is 29.2 Å². The third-order valence-corrected chi connectivity index (χ3v) is 4.46. The van der Waals surface area contributed by atoms with Crippen molar-refractivity contribution < 1.29 is 0 Å². The summed E-state index contributed by atoms with van der Waals surface area (Å²) in [5, 5.41) is 0. The van der Waals surface area contributed by atoms with E-state index >= 15 is 0 Å². The van der Waals surface area contributed by atoms with E-state index in [2.05, 4.69) is 57.7 Å². The Labute approximate surface area is 122 Å². The third kappa shape index (κ3) is 6.19. The Morgan fingerprint density at radius 1 is 0.944 bits per heavy atom. The van der Waals surface area contributed by atoms with Crippen molar-refractivity contribution in [3.8, 4) is 0 Å².